The van der Waals surface area contributed by atoms with E-state index in [1.54, 1.807) is 18.2 Å². The number of halogens is 1. The third-order valence-corrected chi connectivity index (χ3v) is 2.24. The van der Waals surface area contributed by atoms with Crippen LogP contribution in [0.25, 0.3) is 0 Å². The standard InChI is InChI=1S/C8H10BrNO2/c9-6-3-1-2-5(8(6)12)7(11)4-10/h1-3,7,11-12H,4,10H2/t7-/m0/s1. The van der Waals surface area contributed by atoms with E-state index in [9.17, 15) is 10.2 Å². The largest absolute Gasteiger partial charge is 0.506 e. The van der Waals surface area contributed by atoms with Gasteiger partial charge in [-0.05, 0) is 22.0 Å². The molecule has 0 aliphatic heterocycles. The van der Waals surface area contributed by atoms with E-state index in [0.29, 0.717) is 10.0 Å². The van der Waals surface area contributed by atoms with E-state index < -0.39 is 6.10 Å². The Kier molecular flexibility index (Phi) is 3.08. The second-order valence-corrected chi connectivity index (χ2v) is 3.28. The molecule has 0 saturated heterocycles. The molecule has 1 aromatic carbocycles. The number of para-hydroxylation sites is 1. The highest BCUT2D eigenvalue weighted by Crippen LogP contribution is 2.30. The number of hydrogen-bond acceptors (Lipinski definition) is 3. The minimum atomic E-state index is -0.803. The van der Waals surface area contributed by atoms with Gasteiger partial charge in [-0.1, -0.05) is 12.1 Å². The van der Waals surface area contributed by atoms with Crippen LogP contribution >= 0.6 is 15.9 Å². The molecule has 0 heterocycles. The monoisotopic (exact) mass is 231 g/mol. The number of phenols is 1. The maximum atomic E-state index is 9.44. The Balaban J connectivity index is 3.07. The number of phenolic OH excluding ortho intramolecular Hbond substituents is 1. The quantitative estimate of drug-likeness (QED) is 0.716. The number of hydrogen-bond donors (Lipinski definition) is 3. The van der Waals surface area contributed by atoms with Gasteiger partial charge >= 0.3 is 0 Å². The zero-order valence-corrected chi connectivity index (χ0v) is 7.95. The molecule has 0 aromatic heterocycles. The molecule has 0 fully saturated rings. The molecule has 1 aromatic rings. The zero-order chi connectivity index (χ0) is 9.14. The van der Waals surface area contributed by atoms with Crippen molar-refractivity contribution in [1.82, 2.24) is 0 Å². The first kappa shape index (κ1) is 9.51. The van der Waals surface area contributed by atoms with Gasteiger partial charge in [-0.2, -0.15) is 0 Å². The highest BCUT2D eigenvalue weighted by atomic mass is 79.9. The molecule has 4 N–H and O–H groups in total. The van der Waals surface area contributed by atoms with Crippen molar-refractivity contribution in [2.24, 2.45) is 5.73 Å². The summed E-state index contributed by atoms with van der Waals surface area (Å²) in [6.07, 6.45) is -0.803. The van der Waals surface area contributed by atoms with E-state index in [4.69, 9.17) is 5.73 Å². The Labute approximate surface area is 79.0 Å². The summed E-state index contributed by atoms with van der Waals surface area (Å²) in [5.41, 5.74) is 5.70. The van der Waals surface area contributed by atoms with Gasteiger partial charge in [0.1, 0.15) is 5.75 Å². The maximum absolute atomic E-state index is 9.44. The fourth-order valence-electron chi connectivity index (χ4n) is 0.928. The summed E-state index contributed by atoms with van der Waals surface area (Å²) in [6.45, 7) is 0.101. The molecule has 12 heavy (non-hydrogen) atoms. The Morgan fingerprint density at radius 1 is 1.50 bits per heavy atom. The first-order valence-corrected chi connectivity index (χ1v) is 4.31. The molecule has 0 aliphatic rings. The van der Waals surface area contributed by atoms with E-state index in [1.165, 1.54) is 0 Å². The molecule has 0 bridgehead atoms. The van der Waals surface area contributed by atoms with Crippen LogP contribution in [0.2, 0.25) is 0 Å². The minimum absolute atomic E-state index is 0.0513. The number of nitrogens with two attached hydrogens (primary N) is 1. The van der Waals surface area contributed by atoms with Crippen molar-refractivity contribution in [1.29, 1.82) is 0 Å². The average Bonchev–Trinajstić information content (AvgIpc) is 2.08. The highest BCUT2D eigenvalue weighted by Gasteiger charge is 2.11. The van der Waals surface area contributed by atoms with Crippen LogP contribution in [0.4, 0.5) is 0 Å². The van der Waals surface area contributed by atoms with Gasteiger partial charge in [0, 0.05) is 12.1 Å². The van der Waals surface area contributed by atoms with Gasteiger partial charge in [0.05, 0.1) is 10.6 Å². The van der Waals surface area contributed by atoms with Crippen LogP contribution in [0, 0.1) is 0 Å². The fraction of sp³-hybridized carbons (Fsp3) is 0.250. The smallest absolute Gasteiger partial charge is 0.135 e. The van der Waals surface area contributed by atoms with Gasteiger partial charge in [-0.3, -0.25) is 0 Å². The van der Waals surface area contributed by atoms with Crippen LogP contribution in [-0.2, 0) is 0 Å². The average molecular weight is 232 g/mol. The Morgan fingerprint density at radius 2 is 2.17 bits per heavy atom. The molecule has 0 spiro atoms. The molecular formula is C8H10BrNO2. The molecule has 0 amide bonds. The Morgan fingerprint density at radius 3 is 2.75 bits per heavy atom. The van der Waals surface area contributed by atoms with E-state index in [0.717, 1.165) is 0 Å². The zero-order valence-electron chi connectivity index (χ0n) is 6.37. The lowest BCUT2D eigenvalue weighted by molar-refractivity contribution is 0.182. The maximum Gasteiger partial charge on any atom is 0.135 e. The number of aromatic hydroxyl groups is 1. The molecular weight excluding hydrogens is 222 g/mol. The van der Waals surface area contributed by atoms with E-state index in [-0.39, 0.29) is 12.3 Å². The summed E-state index contributed by atoms with van der Waals surface area (Å²) < 4.78 is 0.563. The lowest BCUT2D eigenvalue weighted by atomic mass is 10.1. The predicted molar refractivity (Wildman–Crippen MR) is 49.8 cm³/mol. The molecule has 0 unspecified atom stereocenters. The number of rotatable bonds is 2. The summed E-state index contributed by atoms with van der Waals surface area (Å²) in [5.74, 6) is 0.0513. The second-order valence-electron chi connectivity index (χ2n) is 2.43. The third-order valence-electron chi connectivity index (χ3n) is 1.60. The molecule has 1 rings (SSSR count). The van der Waals surface area contributed by atoms with Crippen LogP contribution in [0.1, 0.15) is 11.7 Å². The van der Waals surface area contributed by atoms with Gasteiger partial charge in [-0.25, -0.2) is 0 Å². The molecule has 3 nitrogen and oxygen atoms in total. The topological polar surface area (TPSA) is 66.5 Å². The molecule has 0 aliphatic carbocycles. The molecule has 66 valence electrons. The van der Waals surface area contributed by atoms with E-state index in [1.807, 2.05) is 0 Å². The van der Waals surface area contributed by atoms with Gasteiger partial charge in [0.15, 0.2) is 0 Å². The summed E-state index contributed by atoms with van der Waals surface area (Å²) in [5, 5.41) is 18.8. The van der Waals surface area contributed by atoms with Crippen molar-refractivity contribution >= 4 is 15.9 Å². The minimum Gasteiger partial charge on any atom is -0.506 e. The molecule has 4 heteroatoms. The summed E-state index contributed by atoms with van der Waals surface area (Å²) in [4.78, 5) is 0. The van der Waals surface area contributed by atoms with Crippen molar-refractivity contribution < 1.29 is 10.2 Å². The number of benzene rings is 1. The highest BCUT2D eigenvalue weighted by molar-refractivity contribution is 9.10. The van der Waals surface area contributed by atoms with E-state index >= 15 is 0 Å². The van der Waals surface area contributed by atoms with Crippen LogP contribution in [0.3, 0.4) is 0 Å². The van der Waals surface area contributed by atoms with Crippen LogP contribution in [-0.4, -0.2) is 16.8 Å². The van der Waals surface area contributed by atoms with Crippen molar-refractivity contribution in [3.8, 4) is 5.75 Å². The molecule has 0 saturated carbocycles. The van der Waals surface area contributed by atoms with Gasteiger partial charge in [-0.15, -0.1) is 0 Å². The lowest BCUT2D eigenvalue weighted by Crippen LogP contribution is -2.11. The van der Waals surface area contributed by atoms with Crippen molar-refractivity contribution in [3.05, 3.63) is 28.2 Å². The van der Waals surface area contributed by atoms with Gasteiger partial charge < -0.3 is 15.9 Å². The molecule has 1 atom stereocenters. The van der Waals surface area contributed by atoms with Crippen molar-refractivity contribution in [3.63, 3.8) is 0 Å². The second kappa shape index (κ2) is 3.89. The Hall–Kier alpha value is -0.580. The van der Waals surface area contributed by atoms with E-state index in [2.05, 4.69) is 15.9 Å². The predicted octanol–water partition coefficient (Wildman–Crippen LogP) is 1.15. The third kappa shape index (κ3) is 1.77. The number of aliphatic hydroxyl groups is 1. The van der Waals surface area contributed by atoms with Crippen LogP contribution < -0.4 is 5.73 Å². The lowest BCUT2D eigenvalue weighted by Gasteiger charge is -2.10. The van der Waals surface area contributed by atoms with Crippen LogP contribution in [0.15, 0.2) is 22.7 Å². The van der Waals surface area contributed by atoms with Gasteiger partial charge in [0.2, 0.25) is 0 Å². The fourth-order valence-corrected chi connectivity index (χ4v) is 1.31. The van der Waals surface area contributed by atoms with Crippen molar-refractivity contribution in [2.75, 3.05) is 6.54 Å². The SMILES string of the molecule is NC[C@H](O)c1cccc(Br)c1O. The molecule has 0 radical (unpaired) electrons. The normalized spacial score (nSPS) is 12.9. The first-order valence-electron chi connectivity index (χ1n) is 3.52. The summed E-state index contributed by atoms with van der Waals surface area (Å²) in [7, 11) is 0. The number of aliphatic hydroxyl groups excluding tert-OH is 1. The summed E-state index contributed by atoms with van der Waals surface area (Å²) >= 11 is 3.14. The Bertz CT molecular complexity index is 278. The van der Waals surface area contributed by atoms with Gasteiger partial charge in [0.25, 0.3) is 0 Å². The first-order chi connectivity index (χ1) is 5.66. The summed E-state index contributed by atoms with van der Waals surface area (Å²) in [6, 6.07) is 5.07. The van der Waals surface area contributed by atoms with Crippen LogP contribution in [0.5, 0.6) is 5.75 Å². The van der Waals surface area contributed by atoms with Crippen molar-refractivity contribution in [2.45, 2.75) is 6.10 Å².